The highest BCUT2D eigenvalue weighted by Crippen LogP contribution is 2.45. The molecule has 2 aromatic rings. The van der Waals surface area contributed by atoms with Crippen LogP contribution in [0.15, 0.2) is 24.3 Å². The van der Waals surface area contributed by atoms with Gasteiger partial charge in [-0.2, -0.15) is 0 Å². The zero-order chi connectivity index (χ0) is 13.0. The second-order valence-electron chi connectivity index (χ2n) is 5.05. The molecule has 0 saturated carbocycles. The van der Waals surface area contributed by atoms with Crippen molar-refractivity contribution >= 4 is 22.4 Å². The lowest BCUT2D eigenvalue weighted by atomic mass is 10.0. The van der Waals surface area contributed by atoms with E-state index in [4.69, 9.17) is 4.74 Å². The van der Waals surface area contributed by atoms with E-state index in [-0.39, 0.29) is 11.7 Å². The SMILES string of the molecule is O=C1Oc2cc(N3CCCC3)c(O)c3cccc1c23. The van der Waals surface area contributed by atoms with Crippen molar-refractivity contribution in [3.05, 3.63) is 29.8 Å². The van der Waals surface area contributed by atoms with Crippen molar-refractivity contribution in [2.75, 3.05) is 18.0 Å². The predicted molar refractivity (Wildman–Crippen MR) is 72.0 cm³/mol. The molecule has 0 atom stereocenters. The summed E-state index contributed by atoms with van der Waals surface area (Å²) in [6, 6.07) is 7.13. The molecule has 1 fully saturated rings. The average molecular weight is 255 g/mol. The molecule has 1 N–H and O–H groups in total. The van der Waals surface area contributed by atoms with Crippen molar-refractivity contribution in [1.82, 2.24) is 0 Å². The van der Waals surface area contributed by atoms with E-state index in [2.05, 4.69) is 4.90 Å². The van der Waals surface area contributed by atoms with Gasteiger partial charge in [-0.15, -0.1) is 0 Å². The van der Waals surface area contributed by atoms with Crippen LogP contribution in [0.2, 0.25) is 0 Å². The van der Waals surface area contributed by atoms with Crippen LogP contribution >= 0.6 is 0 Å². The number of phenolic OH excluding ortho intramolecular Hbond substituents is 1. The van der Waals surface area contributed by atoms with Gasteiger partial charge in [-0.05, 0) is 18.9 Å². The number of carbonyl (C=O) groups is 1. The van der Waals surface area contributed by atoms with Gasteiger partial charge in [-0.1, -0.05) is 12.1 Å². The first-order valence-corrected chi connectivity index (χ1v) is 6.51. The van der Waals surface area contributed by atoms with Crippen LogP contribution in [-0.4, -0.2) is 24.2 Å². The fraction of sp³-hybridized carbons (Fsp3) is 0.267. The molecule has 1 saturated heterocycles. The molecule has 2 aliphatic rings. The molecule has 4 rings (SSSR count). The Balaban J connectivity index is 2.02. The number of phenols is 1. The van der Waals surface area contributed by atoms with Crippen molar-refractivity contribution in [3.8, 4) is 11.5 Å². The molecular weight excluding hydrogens is 242 g/mol. The van der Waals surface area contributed by atoms with E-state index in [1.807, 2.05) is 6.07 Å². The number of nitrogens with zero attached hydrogens (tertiary/aromatic N) is 1. The van der Waals surface area contributed by atoms with Gasteiger partial charge in [0.15, 0.2) is 0 Å². The van der Waals surface area contributed by atoms with Crippen LogP contribution in [0.25, 0.3) is 10.8 Å². The number of rotatable bonds is 1. The van der Waals surface area contributed by atoms with Crippen LogP contribution in [-0.2, 0) is 0 Å². The lowest BCUT2D eigenvalue weighted by Crippen LogP contribution is -2.17. The fourth-order valence-corrected chi connectivity index (χ4v) is 3.02. The van der Waals surface area contributed by atoms with Gasteiger partial charge in [0.2, 0.25) is 0 Å². The molecule has 4 heteroatoms. The number of anilines is 1. The van der Waals surface area contributed by atoms with Crippen LogP contribution in [0.4, 0.5) is 5.69 Å². The number of esters is 1. The van der Waals surface area contributed by atoms with Crippen molar-refractivity contribution < 1.29 is 14.6 Å². The van der Waals surface area contributed by atoms with Crippen molar-refractivity contribution in [1.29, 1.82) is 0 Å². The first-order chi connectivity index (χ1) is 9.25. The molecular formula is C15H13NO3. The number of benzene rings is 2. The zero-order valence-corrected chi connectivity index (χ0v) is 10.3. The molecule has 2 aliphatic heterocycles. The van der Waals surface area contributed by atoms with E-state index in [1.165, 1.54) is 0 Å². The van der Waals surface area contributed by atoms with E-state index in [1.54, 1.807) is 18.2 Å². The highest BCUT2D eigenvalue weighted by Gasteiger charge is 2.28. The Hall–Kier alpha value is -2.23. The largest absolute Gasteiger partial charge is 0.505 e. The Morgan fingerprint density at radius 3 is 2.79 bits per heavy atom. The van der Waals surface area contributed by atoms with Gasteiger partial charge in [-0.3, -0.25) is 0 Å². The molecule has 4 nitrogen and oxygen atoms in total. The molecule has 0 bridgehead atoms. The summed E-state index contributed by atoms with van der Waals surface area (Å²) in [4.78, 5) is 13.9. The third kappa shape index (κ3) is 1.37. The number of carbonyl (C=O) groups excluding carboxylic acids is 1. The monoisotopic (exact) mass is 255 g/mol. The third-order valence-electron chi connectivity index (χ3n) is 3.95. The first kappa shape index (κ1) is 10.7. The summed E-state index contributed by atoms with van der Waals surface area (Å²) >= 11 is 0. The summed E-state index contributed by atoms with van der Waals surface area (Å²) < 4.78 is 5.30. The van der Waals surface area contributed by atoms with E-state index < -0.39 is 0 Å². The van der Waals surface area contributed by atoms with Crippen LogP contribution < -0.4 is 9.64 Å². The summed E-state index contributed by atoms with van der Waals surface area (Å²) in [5.74, 6) is 0.481. The van der Waals surface area contributed by atoms with E-state index >= 15 is 0 Å². The summed E-state index contributed by atoms with van der Waals surface area (Å²) in [5, 5.41) is 11.9. The Morgan fingerprint density at radius 2 is 2.00 bits per heavy atom. The van der Waals surface area contributed by atoms with Crippen LogP contribution in [0, 0.1) is 0 Å². The normalized spacial score (nSPS) is 17.3. The van der Waals surface area contributed by atoms with Gasteiger partial charge in [0.25, 0.3) is 0 Å². The van der Waals surface area contributed by atoms with Gasteiger partial charge in [-0.25, -0.2) is 4.79 Å². The molecule has 0 aliphatic carbocycles. The molecule has 2 aromatic carbocycles. The fourth-order valence-electron chi connectivity index (χ4n) is 3.02. The average Bonchev–Trinajstić information content (AvgIpc) is 3.04. The highest BCUT2D eigenvalue weighted by molar-refractivity contribution is 6.15. The lowest BCUT2D eigenvalue weighted by molar-refractivity contribution is 0.0754. The van der Waals surface area contributed by atoms with Crippen LogP contribution in [0.5, 0.6) is 11.5 Å². The van der Waals surface area contributed by atoms with Crippen LogP contribution in [0.3, 0.4) is 0 Å². The summed E-state index contributed by atoms with van der Waals surface area (Å²) in [6.45, 7) is 1.87. The molecule has 2 heterocycles. The standard InChI is InChI=1S/C15H13NO3/c17-14-9-4-3-5-10-13(9)12(19-15(10)18)8-11(14)16-6-1-2-7-16/h3-5,8,17H,1-2,6-7H2. The van der Waals surface area contributed by atoms with Crippen molar-refractivity contribution in [2.24, 2.45) is 0 Å². The Labute approximate surface area is 110 Å². The molecule has 0 unspecified atom stereocenters. The Morgan fingerprint density at radius 1 is 1.21 bits per heavy atom. The lowest BCUT2D eigenvalue weighted by Gasteiger charge is -2.20. The Kier molecular flexibility index (Phi) is 2.04. The maximum atomic E-state index is 11.8. The minimum absolute atomic E-state index is 0.251. The molecule has 19 heavy (non-hydrogen) atoms. The van der Waals surface area contributed by atoms with E-state index in [0.717, 1.165) is 37.0 Å². The minimum Gasteiger partial charge on any atom is -0.505 e. The van der Waals surface area contributed by atoms with Gasteiger partial charge >= 0.3 is 5.97 Å². The summed E-state index contributed by atoms with van der Waals surface area (Å²) in [7, 11) is 0. The number of hydrogen-bond donors (Lipinski definition) is 1. The van der Waals surface area contributed by atoms with E-state index in [0.29, 0.717) is 16.7 Å². The number of ether oxygens (including phenoxy) is 1. The van der Waals surface area contributed by atoms with Crippen molar-refractivity contribution in [2.45, 2.75) is 12.8 Å². The molecule has 0 spiro atoms. The van der Waals surface area contributed by atoms with Gasteiger partial charge < -0.3 is 14.7 Å². The summed E-state index contributed by atoms with van der Waals surface area (Å²) in [6.07, 6.45) is 2.26. The molecule has 96 valence electrons. The Bertz CT molecular complexity index is 702. The van der Waals surface area contributed by atoms with Gasteiger partial charge in [0, 0.05) is 29.9 Å². The maximum absolute atomic E-state index is 11.8. The van der Waals surface area contributed by atoms with Crippen molar-refractivity contribution in [3.63, 3.8) is 0 Å². The van der Waals surface area contributed by atoms with Gasteiger partial charge in [0.05, 0.1) is 11.3 Å². The smallest absolute Gasteiger partial charge is 0.344 e. The second kappa shape index (κ2) is 3.63. The molecule has 0 radical (unpaired) electrons. The third-order valence-corrected chi connectivity index (χ3v) is 3.95. The zero-order valence-electron chi connectivity index (χ0n) is 10.3. The molecule has 0 aromatic heterocycles. The predicted octanol–water partition coefficient (Wildman–Crippen LogP) is 2.68. The second-order valence-corrected chi connectivity index (χ2v) is 5.05. The quantitative estimate of drug-likeness (QED) is 0.628. The number of aromatic hydroxyl groups is 1. The van der Waals surface area contributed by atoms with Crippen LogP contribution in [0.1, 0.15) is 23.2 Å². The van der Waals surface area contributed by atoms with Gasteiger partial charge in [0.1, 0.15) is 11.5 Å². The minimum atomic E-state index is -0.335. The highest BCUT2D eigenvalue weighted by atomic mass is 16.5. The first-order valence-electron chi connectivity index (χ1n) is 6.51. The molecule has 0 amide bonds. The topological polar surface area (TPSA) is 49.8 Å². The summed E-state index contributed by atoms with van der Waals surface area (Å²) in [5.41, 5.74) is 1.31. The number of hydrogen-bond acceptors (Lipinski definition) is 4. The van der Waals surface area contributed by atoms with E-state index in [9.17, 15) is 9.90 Å². The maximum Gasteiger partial charge on any atom is 0.344 e.